The van der Waals surface area contributed by atoms with Gasteiger partial charge >= 0.3 is 0 Å². The molecule has 0 amide bonds. The number of hydrogen-bond donors (Lipinski definition) is 2. The Balaban J connectivity index is 3.06. The Morgan fingerprint density at radius 2 is 2.11 bits per heavy atom. The summed E-state index contributed by atoms with van der Waals surface area (Å²) in [6.45, 7) is 3.96. The van der Waals surface area contributed by atoms with E-state index in [9.17, 15) is 8.42 Å². The highest BCUT2D eigenvalue weighted by Gasteiger charge is 2.23. The minimum Gasteiger partial charge on any atom is -0.398 e. The molecule has 0 aliphatic heterocycles. The van der Waals surface area contributed by atoms with Gasteiger partial charge in [0.05, 0.1) is 12.3 Å². The summed E-state index contributed by atoms with van der Waals surface area (Å²) < 4.78 is 32.1. The van der Waals surface area contributed by atoms with Gasteiger partial charge in [-0.3, -0.25) is 0 Å². The van der Waals surface area contributed by atoms with E-state index >= 15 is 0 Å². The lowest BCUT2D eigenvalue weighted by Gasteiger charge is -2.18. The molecule has 0 heterocycles. The van der Waals surface area contributed by atoms with Gasteiger partial charge in [-0.1, -0.05) is 19.1 Å². The van der Waals surface area contributed by atoms with Crippen LogP contribution in [0.3, 0.4) is 0 Å². The van der Waals surface area contributed by atoms with Gasteiger partial charge in [0.15, 0.2) is 0 Å². The van der Waals surface area contributed by atoms with Crippen LogP contribution in [0.5, 0.6) is 0 Å². The normalized spacial score (nSPS) is 13.5. The molecule has 0 bridgehead atoms. The van der Waals surface area contributed by atoms with Crippen molar-refractivity contribution in [1.82, 2.24) is 4.72 Å². The summed E-state index contributed by atoms with van der Waals surface area (Å²) in [5.74, 6) is 0. The molecule has 0 fully saturated rings. The SMILES string of the molecule is CCC(COC)NS(=O)(=O)c1c(C)cccc1N. The van der Waals surface area contributed by atoms with Crippen molar-refractivity contribution in [3.05, 3.63) is 23.8 Å². The highest BCUT2D eigenvalue weighted by molar-refractivity contribution is 7.89. The molecule has 0 saturated carbocycles. The summed E-state index contributed by atoms with van der Waals surface area (Å²) in [4.78, 5) is 0.152. The molecule has 0 aliphatic rings. The van der Waals surface area contributed by atoms with Crippen molar-refractivity contribution in [2.24, 2.45) is 0 Å². The van der Waals surface area contributed by atoms with Crippen LogP contribution in [0.1, 0.15) is 18.9 Å². The number of nitrogens with one attached hydrogen (secondary N) is 1. The van der Waals surface area contributed by atoms with Crippen LogP contribution in [0.4, 0.5) is 5.69 Å². The van der Waals surface area contributed by atoms with Crippen molar-refractivity contribution in [3.63, 3.8) is 0 Å². The maximum absolute atomic E-state index is 12.3. The fourth-order valence-corrected chi connectivity index (χ4v) is 3.42. The van der Waals surface area contributed by atoms with Gasteiger partial charge < -0.3 is 10.5 Å². The molecule has 1 aromatic rings. The lowest BCUT2D eigenvalue weighted by atomic mass is 10.2. The smallest absolute Gasteiger partial charge is 0.243 e. The van der Waals surface area contributed by atoms with Gasteiger partial charge in [0, 0.05) is 13.2 Å². The Morgan fingerprint density at radius 3 is 2.61 bits per heavy atom. The Morgan fingerprint density at radius 1 is 1.44 bits per heavy atom. The molecule has 0 radical (unpaired) electrons. The zero-order valence-electron chi connectivity index (χ0n) is 10.9. The molecule has 102 valence electrons. The molecule has 6 heteroatoms. The van der Waals surface area contributed by atoms with Gasteiger partial charge in [0.2, 0.25) is 10.0 Å². The fourth-order valence-electron chi connectivity index (χ4n) is 1.76. The zero-order valence-corrected chi connectivity index (χ0v) is 11.8. The fraction of sp³-hybridized carbons (Fsp3) is 0.500. The van der Waals surface area contributed by atoms with Crippen molar-refractivity contribution in [1.29, 1.82) is 0 Å². The third-order valence-corrected chi connectivity index (χ3v) is 4.43. The van der Waals surface area contributed by atoms with E-state index in [0.29, 0.717) is 18.6 Å². The van der Waals surface area contributed by atoms with Gasteiger partial charge in [0.1, 0.15) is 4.90 Å². The van der Waals surface area contributed by atoms with Crippen molar-refractivity contribution in [2.45, 2.75) is 31.2 Å². The molecule has 0 aromatic heterocycles. The first-order valence-corrected chi connectivity index (χ1v) is 7.27. The Kier molecular flexibility index (Phi) is 5.13. The van der Waals surface area contributed by atoms with Crippen molar-refractivity contribution in [2.75, 3.05) is 19.5 Å². The van der Waals surface area contributed by atoms with E-state index in [2.05, 4.69) is 4.72 Å². The van der Waals surface area contributed by atoms with Gasteiger partial charge in [-0.15, -0.1) is 0 Å². The number of nitrogens with two attached hydrogens (primary N) is 1. The number of rotatable bonds is 6. The maximum atomic E-state index is 12.3. The zero-order chi connectivity index (χ0) is 13.8. The van der Waals surface area contributed by atoms with Crippen molar-refractivity contribution >= 4 is 15.7 Å². The molecular weight excluding hydrogens is 252 g/mol. The number of anilines is 1. The Labute approximate surface area is 108 Å². The lowest BCUT2D eigenvalue weighted by Crippen LogP contribution is -2.38. The number of hydrogen-bond acceptors (Lipinski definition) is 4. The second-order valence-corrected chi connectivity index (χ2v) is 5.83. The van der Waals surface area contributed by atoms with E-state index in [1.165, 1.54) is 0 Å². The van der Waals surface area contributed by atoms with E-state index < -0.39 is 10.0 Å². The van der Waals surface area contributed by atoms with Gasteiger partial charge in [-0.2, -0.15) is 0 Å². The van der Waals surface area contributed by atoms with Gasteiger partial charge in [-0.25, -0.2) is 13.1 Å². The molecule has 1 aromatic carbocycles. The van der Waals surface area contributed by atoms with Crippen LogP contribution >= 0.6 is 0 Å². The summed E-state index contributed by atoms with van der Waals surface area (Å²) in [6.07, 6.45) is 0.652. The molecule has 1 rings (SSSR count). The molecule has 0 aliphatic carbocycles. The average Bonchev–Trinajstić information content (AvgIpc) is 2.27. The van der Waals surface area contributed by atoms with E-state index in [1.807, 2.05) is 6.92 Å². The molecule has 3 N–H and O–H groups in total. The number of methoxy groups -OCH3 is 1. The topological polar surface area (TPSA) is 81.4 Å². The standard InChI is InChI=1S/C12H20N2O3S/c1-4-10(8-17-3)14-18(15,16)12-9(2)6-5-7-11(12)13/h5-7,10,14H,4,8,13H2,1-3H3. The second-order valence-electron chi connectivity index (χ2n) is 4.18. The number of ether oxygens (including phenoxy) is 1. The predicted molar refractivity (Wildman–Crippen MR) is 71.9 cm³/mol. The highest BCUT2D eigenvalue weighted by Crippen LogP contribution is 2.22. The van der Waals surface area contributed by atoms with Crippen LogP contribution < -0.4 is 10.5 Å². The Hall–Kier alpha value is -1.11. The molecule has 0 saturated heterocycles. The molecular formula is C12H20N2O3S. The van der Waals surface area contributed by atoms with Crippen molar-refractivity contribution in [3.8, 4) is 0 Å². The summed E-state index contributed by atoms with van der Waals surface area (Å²) in [5.41, 5.74) is 6.64. The first-order valence-electron chi connectivity index (χ1n) is 5.78. The minimum atomic E-state index is -3.61. The lowest BCUT2D eigenvalue weighted by molar-refractivity contribution is 0.173. The minimum absolute atomic E-state index is 0.152. The van der Waals surface area contributed by atoms with Gasteiger partial charge in [0.25, 0.3) is 0 Å². The highest BCUT2D eigenvalue weighted by atomic mass is 32.2. The molecule has 1 unspecified atom stereocenters. The molecule has 5 nitrogen and oxygen atoms in total. The average molecular weight is 272 g/mol. The second kappa shape index (κ2) is 6.17. The maximum Gasteiger partial charge on any atom is 0.243 e. The molecule has 1 atom stereocenters. The third kappa shape index (κ3) is 3.44. The number of nitrogen functional groups attached to an aromatic ring is 1. The number of aryl methyl sites for hydroxylation is 1. The van der Waals surface area contributed by atoms with E-state index in [1.54, 1.807) is 32.2 Å². The first-order chi connectivity index (χ1) is 8.42. The monoisotopic (exact) mass is 272 g/mol. The predicted octanol–water partition coefficient (Wildman–Crippen LogP) is 1.28. The van der Waals surface area contributed by atoms with Crippen molar-refractivity contribution < 1.29 is 13.2 Å². The molecule has 0 spiro atoms. The van der Waals surface area contributed by atoms with Crippen LogP contribution in [0, 0.1) is 6.92 Å². The quantitative estimate of drug-likeness (QED) is 0.764. The van der Waals surface area contributed by atoms with E-state index in [4.69, 9.17) is 10.5 Å². The van der Waals surface area contributed by atoms with Gasteiger partial charge in [-0.05, 0) is 25.0 Å². The molecule has 18 heavy (non-hydrogen) atoms. The first kappa shape index (κ1) is 14.9. The van der Waals surface area contributed by atoms with Crippen LogP contribution in [0.15, 0.2) is 23.1 Å². The summed E-state index contributed by atoms with van der Waals surface area (Å²) in [7, 11) is -2.07. The summed E-state index contributed by atoms with van der Waals surface area (Å²) in [6, 6.07) is 4.79. The Bertz CT molecular complexity index is 480. The van der Waals surface area contributed by atoms with Crippen LogP contribution in [-0.4, -0.2) is 28.2 Å². The largest absolute Gasteiger partial charge is 0.398 e. The van der Waals surface area contributed by atoms with Crippen LogP contribution in [-0.2, 0) is 14.8 Å². The van der Waals surface area contributed by atoms with Crippen LogP contribution in [0.2, 0.25) is 0 Å². The van der Waals surface area contributed by atoms with Crippen LogP contribution in [0.25, 0.3) is 0 Å². The van der Waals surface area contributed by atoms with E-state index in [-0.39, 0.29) is 16.6 Å². The third-order valence-electron chi connectivity index (χ3n) is 2.69. The van der Waals surface area contributed by atoms with E-state index in [0.717, 1.165) is 0 Å². The summed E-state index contributed by atoms with van der Waals surface area (Å²) in [5, 5.41) is 0. The number of sulfonamides is 1. The number of benzene rings is 1. The summed E-state index contributed by atoms with van der Waals surface area (Å²) >= 11 is 0.